The van der Waals surface area contributed by atoms with E-state index in [9.17, 15) is 5.11 Å². The van der Waals surface area contributed by atoms with Gasteiger partial charge in [-0.1, -0.05) is 0 Å². The van der Waals surface area contributed by atoms with E-state index in [0.29, 0.717) is 12.4 Å². The number of benzene rings is 1. The fraction of sp³-hybridized carbons (Fsp3) is 0.450. The Labute approximate surface area is 164 Å². The Balaban J connectivity index is 1.68. The fourth-order valence-corrected chi connectivity index (χ4v) is 3.64. The number of anilines is 2. The second kappa shape index (κ2) is 7.73. The van der Waals surface area contributed by atoms with E-state index < -0.39 is 0 Å². The number of ether oxygens (including phenoxy) is 1. The molecule has 0 aliphatic carbocycles. The lowest BCUT2D eigenvalue weighted by atomic mass is 9.99. The number of rotatable bonds is 6. The molecule has 1 aliphatic heterocycles. The Morgan fingerprint density at radius 1 is 1.29 bits per heavy atom. The quantitative estimate of drug-likeness (QED) is 0.677. The van der Waals surface area contributed by atoms with Crippen LogP contribution in [0.5, 0.6) is 5.75 Å². The van der Waals surface area contributed by atoms with Crippen LogP contribution in [-0.4, -0.2) is 57.1 Å². The first-order valence-electron chi connectivity index (χ1n) is 9.55. The molecule has 4 rings (SSSR count). The Kier molecular flexibility index (Phi) is 5.15. The van der Waals surface area contributed by atoms with E-state index in [1.165, 1.54) is 11.1 Å². The molecule has 0 fully saturated rings. The standard InChI is InChI=1S/C20H26N6O2/c1-13(5-7-27)26-19-16(11-22-26)10-21-20(24-19)23-17-8-15-12-25(2)6-4-14(15)9-18(17)28-3/h8-11,13,27H,4-7,12H2,1-3H3,(H,21,23,24)/t13-/m0/s1. The van der Waals surface area contributed by atoms with Gasteiger partial charge in [0.15, 0.2) is 5.65 Å². The molecule has 0 saturated carbocycles. The lowest BCUT2D eigenvalue weighted by Crippen LogP contribution is -2.26. The summed E-state index contributed by atoms with van der Waals surface area (Å²) >= 11 is 0. The average Bonchev–Trinajstić information content (AvgIpc) is 3.11. The van der Waals surface area contributed by atoms with Crippen LogP contribution >= 0.6 is 0 Å². The molecule has 3 aromatic rings. The van der Waals surface area contributed by atoms with Crippen LogP contribution in [-0.2, 0) is 13.0 Å². The van der Waals surface area contributed by atoms with E-state index in [4.69, 9.17) is 4.74 Å². The molecule has 0 radical (unpaired) electrons. The smallest absolute Gasteiger partial charge is 0.229 e. The molecule has 2 N–H and O–H groups in total. The van der Waals surface area contributed by atoms with Crippen molar-refractivity contribution in [3.63, 3.8) is 0 Å². The Morgan fingerprint density at radius 2 is 2.14 bits per heavy atom. The van der Waals surface area contributed by atoms with Gasteiger partial charge in [-0.25, -0.2) is 9.67 Å². The molecule has 0 amide bonds. The van der Waals surface area contributed by atoms with Crippen molar-refractivity contribution in [2.45, 2.75) is 32.4 Å². The maximum Gasteiger partial charge on any atom is 0.229 e. The number of hydrogen-bond donors (Lipinski definition) is 2. The molecule has 2 aromatic heterocycles. The van der Waals surface area contributed by atoms with E-state index in [0.717, 1.165) is 42.0 Å². The first-order chi connectivity index (χ1) is 13.6. The molecule has 1 atom stereocenters. The van der Waals surface area contributed by atoms with Crippen LogP contribution in [0.15, 0.2) is 24.5 Å². The van der Waals surface area contributed by atoms with Gasteiger partial charge in [0, 0.05) is 25.9 Å². The minimum absolute atomic E-state index is 0.0547. The minimum atomic E-state index is 0.0547. The van der Waals surface area contributed by atoms with Gasteiger partial charge >= 0.3 is 0 Å². The molecule has 1 aliphatic rings. The minimum Gasteiger partial charge on any atom is -0.495 e. The number of nitrogens with one attached hydrogen (secondary N) is 1. The van der Waals surface area contributed by atoms with Crippen LogP contribution in [0.3, 0.4) is 0 Å². The first-order valence-corrected chi connectivity index (χ1v) is 9.55. The van der Waals surface area contributed by atoms with Crippen molar-refractivity contribution < 1.29 is 9.84 Å². The molecule has 8 heteroatoms. The normalized spacial score (nSPS) is 15.4. The Bertz CT molecular complexity index is 986. The lowest BCUT2D eigenvalue weighted by Gasteiger charge is -2.26. The molecule has 3 heterocycles. The van der Waals surface area contributed by atoms with Crippen LogP contribution in [0, 0.1) is 0 Å². The fourth-order valence-electron chi connectivity index (χ4n) is 3.64. The topological polar surface area (TPSA) is 88.3 Å². The number of nitrogens with zero attached hydrogens (tertiary/aromatic N) is 5. The average molecular weight is 382 g/mol. The van der Waals surface area contributed by atoms with Gasteiger partial charge in [-0.15, -0.1) is 0 Å². The molecule has 0 spiro atoms. The van der Waals surface area contributed by atoms with Crippen LogP contribution in [0.2, 0.25) is 0 Å². The third-order valence-electron chi connectivity index (χ3n) is 5.27. The molecule has 1 aromatic carbocycles. The van der Waals surface area contributed by atoms with Crippen LogP contribution in [0.1, 0.15) is 30.5 Å². The van der Waals surface area contributed by atoms with Crippen molar-refractivity contribution in [2.24, 2.45) is 0 Å². The summed E-state index contributed by atoms with van der Waals surface area (Å²) < 4.78 is 7.43. The Hall–Kier alpha value is -2.71. The highest BCUT2D eigenvalue weighted by atomic mass is 16.5. The third kappa shape index (κ3) is 3.53. The van der Waals surface area contributed by atoms with E-state index >= 15 is 0 Å². The highest BCUT2D eigenvalue weighted by molar-refractivity contribution is 5.76. The van der Waals surface area contributed by atoms with Crippen LogP contribution < -0.4 is 10.1 Å². The van der Waals surface area contributed by atoms with E-state index in [2.05, 4.69) is 44.5 Å². The molecular formula is C20H26N6O2. The van der Waals surface area contributed by atoms with Gasteiger partial charge in [0.2, 0.25) is 5.95 Å². The summed E-state index contributed by atoms with van der Waals surface area (Å²) in [6.07, 6.45) is 5.16. The summed E-state index contributed by atoms with van der Waals surface area (Å²) in [5.74, 6) is 1.28. The molecular weight excluding hydrogens is 356 g/mol. The van der Waals surface area contributed by atoms with E-state index in [1.54, 1.807) is 19.5 Å². The van der Waals surface area contributed by atoms with Crippen LogP contribution in [0.4, 0.5) is 11.6 Å². The van der Waals surface area contributed by atoms with Gasteiger partial charge in [-0.3, -0.25) is 0 Å². The maximum atomic E-state index is 9.23. The summed E-state index contributed by atoms with van der Waals surface area (Å²) in [5, 5.41) is 17.8. The summed E-state index contributed by atoms with van der Waals surface area (Å²) in [7, 11) is 3.81. The third-order valence-corrected chi connectivity index (χ3v) is 5.27. The number of fused-ring (bicyclic) bond motifs is 2. The van der Waals surface area contributed by atoms with Crippen LogP contribution in [0.25, 0.3) is 11.0 Å². The summed E-state index contributed by atoms with van der Waals surface area (Å²) in [4.78, 5) is 11.4. The van der Waals surface area contributed by atoms with Gasteiger partial charge in [0.1, 0.15) is 5.75 Å². The zero-order chi connectivity index (χ0) is 19.7. The highest BCUT2D eigenvalue weighted by Crippen LogP contribution is 2.33. The SMILES string of the molecule is COc1cc2c(cc1Nc1ncc3cnn([C@@H](C)CCO)c3n1)CN(C)CC2. The van der Waals surface area contributed by atoms with Gasteiger partial charge < -0.3 is 20.1 Å². The van der Waals surface area contributed by atoms with Crippen molar-refractivity contribution in [1.29, 1.82) is 0 Å². The number of aliphatic hydroxyl groups is 1. The molecule has 28 heavy (non-hydrogen) atoms. The summed E-state index contributed by atoms with van der Waals surface area (Å²) in [6, 6.07) is 4.29. The Morgan fingerprint density at radius 3 is 2.93 bits per heavy atom. The van der Waals surface area contributed by atoms with E-state index in [1.807, 2.05) is 11.6 Å². The van der Waals surface area contributed by atoms with E-state index in [-0.39, 0.29) is 12.6 Å². The number of aliphatic hydroxyl groups excluding tert-OH is 1. The second-order valence-electron chi connectivity index (χ2n) is 7.36. The summed E-state index contributed by atoms with van der Waals surface area (Å²) in [5.41, 5.74) is 4.22. The zero-order valence-electron chi connectivity index (χ0n) is 16.5. The largest absolute Gasteiger partial charge is 0.495 e. The van der Waals surface area contributed by atoms with Crippen molar-refractivity contribution >= 4 is 22.7 Å². The molecule has 8 nitrogen and oxygen atoms in total. The number of methoxy groups -OCH3 is 1. The molecule has 0 bridgehead atoms. The predicted molar refractivity (Wildman–Crippen MR) is 108 cm³/mol. The first kappa shape index (κ1) is 18.6. The number of hydrogen-bond acceptors (Lipinski definition) is 7. The maximum absolute atomic E-state index is 9.23. The monoisotopic (exact) mass is 382 g/mol. The summed E-state index contributed by atoms with van der Waals surface area (Å²) in [6.45, 7) is 4.10. The number of likely N-dealkylation sites (N-methyl/N-ethyl adjacent to an activating group) is 1. The number of aromatic nitrogens is 4. The van der Waals surface area contributed by atoms with Crippen molar-refractivity contribution in [3.05, 3.63) is 35.7 Å². The van der Waals surface area contributed by atoms with Gasteiger partial charge in [0.05, 0.1) is 30.4 Å². The molecule has 0 unspecified atom stereocenters. The highest BCUT2D eigenvalue weighted by Gasteiger charge is 2.18. The van der Waals surface area contributed by atoms with Gasteiger partial charge in [-0.2, -0.15) is 10.1 Å². The zero-order valence-corrected chi connectivity index (χ0v) is 16.5. The molecule has 148 valence electrons. The molecule has 0 saturated heterocycles. The predicted octanol–water partition coefficient (Wildman–Crippen LogP) is 2.51. The van der Waals surface area contributed by atoms with Gasteiger partial charge in [-0.05, 0) is 50.1 Å². The lowest BCUT2D eigenvalue weighted by molar-refractivity contribution is 0.259. The second-order valence-corrected chi connectivity index (χ2v) is 7.36. The van der Waals surface area contributed by atoms with Crippen molar-refractivity contribution in [3.8, 4) is 5.75 Å². The van der Waals surface area contributed by atoms with Crippen molar-refractivity contribution in [2.75, 3.05) is 32.6 Å². The van der Waals surface area contributed by atoms with Gasteiger partial charge in [0.25, 0.3) is 0 Å². The van der Waals surface area contributed by atoms with Crippen molar-refractivity contribution in [1.82, 2.24) is 24.6 Å².